The van der Waals surface area contributed by atoms with Crippen molar-refractivity contribution in [2.75, 3.05) is 56.8 Å². The van der Waals surface area contributed by atoms with Crippen molar-refractivity contribution in [1.82, 2.24) is 19.6 Å². The number of hydrogen-bond acceptors (Lipinski definition) is 8. The van der Waals surface area contributed by atoms with E-state index in [1.165, 1.54) is 17.5 Å². The summed E-state index contributed by atoms with van der Waals surface area (Å²) in [6.07, 6.45) is 2.94. The van der Waals surface area contributed by atoms with Crippen molar-refractivity contribution in [3.05, 3.63) is 71.0 Å². The van der Waals surface area contributed by atoms with Gasteiger partial charge in [-0.2, -0.15) is 4.31 Å². The molecule has 3 aromatic rings. The van der Waals surface area contributed by atoms with E-state index in [9.17, 15) is 8.42 Å². The normalized spacial score (nSPS) is 19.6. The number of hydrogen-bond donors (Lipinski definition) is 2. The van der Waals surface area contributed by atoms with Crippen LogP contribution in [0.15, 0.2) is 48.7 Å². The third-order valence-electron chi connectivity index (χ3n) is 9.09. The van der Waals surface area contributed by atoms with Gasteiger partial charge in [0.1, 0.15) is 5.75 Å². The molecule has 0 spiro atoms. The molecule has 3 atom stereocenters. The first-order valence-corrected chi connectivity index (χ1v) is 16.9. The maximum atomic E-state index is 16.0. The van der Waals surface area contributed by atoms with Gasteiger partial charge in [-0.3, -0.25) is 0 Å². The summed E-state index contributed by atoms with van der Waals surface area (Å²) in [5.41, 5.74) is 3.52. The van der Waals surface area contributed by atoms with E-state index in [0.717, 1.165) is 49.2 Å². The van der Waals surface area contributed by atoms with Crippen molar-refractivity contribution in [2.24, 2.45) is 11.8 Å². The highest BCUT2D eigenvalue weighted by Gasteiger charge is 2.46. The van der Waals surface area contributed by atoms with E-state index in [0.29, 0.717) is 24.3 Å². The number of alkyl halides is 2. The van der Waals surface area contributed by atoms with Gasteiger partial charge in [0, 0.05) is 57.6 Å². The molecule has 1 aliphatic carbocycles. The van der Waals surface area contributed by atoms with E-state index in [4.69, 9.17) is 4.74 Å². The fourth-order valence-corrected chi connectivity index (χ4v) is 7.33. The molecule has 1 fully saturated rings. The van der Waals surface area contributed by atoms with E-state index < -0.39 is 34.3 Å². The summed E-state index contributed by atoms with van der Waals surface area (Å²) < 4.78 is 64.2. The van der Waals surface area contributed by atoms with Crippen molar-refractivity contribution < 1.29 is 21.9 Å². The molecule has 1 saturated heterocycles. The molecular formula is C32H42F2N6O3S. The second-order valence-corrected chi connectivity index (χ2v) is 13.8. The number of ether oxygens (including phenoxy) is 1. The third-order valence-corrected chi connectivity index (χ3v) is 10.4. The van der Waals surface area contributed by atoms with E-state index in [-0.39, 0.29) is 23.1 Å². The Bertz CT molecular complexity index is 1580. The number of halogens is 2. The van der Waals surface area contributed by atoms with Crippen LogP contribution in [0.4, 0.5) is 26.1 Å². The molecule has 0 radical (unpaired) electrons. The first kappa shape index (κ1) is 32.1. The zero-order valence-corrected chi connectivity index (χ0v) is 26.8. The van der Waals surface area contributed by atoms with Gasteiger partial charge in [-0.1, -0.05) is 37.6 Å². The number of aromatic nitrogens is 2. The van der Waals surface area contributed by atoms with Crippen LogP contribution in [0.2, 0.25) is 0 Å². The minimum atomic E-state index is -3.55. The Labute approximate surface area is 259 Å². The molecule has 2 heterocycles. The number of rotatable bonds is 11. The van der Waals surface area contributed by atoms with Crippen LogP contribution in [-0.2, 0) is 22.4 Å². The van der Waals surface area contributed by atoms with Gasteiger partial charge in [0.25, 0.3) is 5.92 Å². The van der Waals surface area contributed by atoms with Gasteiger partial charge in [0.15, 0.2) is 0 Å². The number of nitrogens with one attached hydrogen (secondary N) is 2. The highest BCUT2D eigenvalue weighted by atomic mass is 32.2. The Hall–Kier alpha value is -3.35. The zero-order valence-electron chi connectivity index (χ0n) is 26.0. The number of nitrogens with zero attached hydrogens (tertiary/aromatic N) is 4. The summed E-state index contributed by atoms with van der Waals surface area (Å²) >= 11 is 0. The molecule has 2 N–H and O–H groups in total. The summed E-state index contributed by atoms with van der Waals surface area (Å²) in [6.45, 7) is 7.08. The van der Waals surface area contributed by atoms with Gasteiger partial charge in [0.2, 0.25) is 16.0 Å². The Kier molecular flexibility index (Phi) is 9.43. The zero-order chi connectivity index (χ0) is 31.6. The van der Waals surface area contributed by atoms with Crippen molar-refractivity contribution in [3.8, 4) is 5.75 Å². The molecule has 238 valence electrons. The van der Waals surface area contributed by atoms with Crippen LogP contribution in [0.25, 0.3) is 0 Å². The minimum absolute atomic E-state index is 0.179. The van der Waals surface area contributed by atoms with Crippen LogP contribution in [0.1, 0.15) is 48.2 Å². The van der Waals surface area contributed by atoms with Gasteiger partial charge >= 0.3 is 0 Å². The fourth-order valence-electron chi connectivity index (χ4n) is 6.65. The highest BCUT2D eigenvalue weighted by molar-refractivity contribution is 7.88. The first-order chi connectivity index (χ1) is 20.9. The summed E-state index contributed by atoms with van der Waals surface area (Å²) in [7, 11) is -0.420. The third kappa shape index (κ3) is 6.67. The quantitative estimate of drug-likeness (QED) is 0.297. The fraction of sp³-hybridized carbons (Fsp3) is 0.500. The van der Waals surface area contributed by atoms with E-state index >= 15 is 8.78 Å². The standard InChI is InChI=1S/C32H42F2N6O3S/c1-6-22(26-17-23-9-7-8-10-25(23)30(26)39(3)44(5,41)42)19-32(33,34)27-20-36-31(37-21(27)2)38-28-12-11-24(18-29(28)43-4)40-15-13-35-14-16-40/h7-12,18,20,22,26,30,35H,6,13-17,19H2,1-5H3,(H,36,37,38). The lowest BCUT2D eigenvalue weighted by Crippen LogP contribution is -2.43. The molecule has 3 unspecified atom stereocenters. The topological polar surface area (TPSA) is 99.7 Å². The van der Waals surface area contributed by atoms with Crippen molar-refractivity contribution >= 4 is 27.3 Å². The first-order valence-electron chi connectivity index (χ1n) is 15.1. The Balaban J connectivity index is 1.35. The van der Waals surface area contributed by atoms with Crippen LogP contribution in [-0.4, -0.2) is 69.3 Å². The van der Waals surface area contributed by atoms with E-state index in [1.807, 2.05) is 49.4 Å². The minimum Gasteiger partial charge on any atom is -0.494 e. The average Bonchev–Trinajstić information content (AvgIpc) is 3.39. The number of methoxy groups -OCH3 is 1. The molecule has 1 aliphatic heterocycles. The van der Waals surface area contributed by atoms with E-state index in [2.05, 4.69) is 25.5 Å². The lowest BCUT2D eigenvalue weighted by atomic mass is 9.80. The number of aryl methyl sites for hydroxylation is 1. The van der Waals surface area contributed by atoms with Crippen LogP contribution >= 0.6 is 0 Å². The van der Waals surface area contributed by atoms with Gasteiger partial charge in [-0.25, -0.2) is 27.2 Å². The molecule has 5 rings (SSSR count). The van der Waals surface area contributed by atoms with Crippen LogP contribution in [0.5, 0.6) is 5.75 Å². The number of benzene rings is 2. The van der Waals surface area contributed by atoms with E-state index in [1.54, 1.807) is 14.0 Å². The average molecular weight is 629 g/mol. The van der Waals surface area contributed by atoms with Gasteiger partial charge < -0.3 is 20.3 Å². The maximum Gasteiger partial charge on any atom is 0.276 e. The summed E-state index contributed by atoms with van der Waals surface area (Å²) in [6, 6.07) is 13.0. The van der Waals surface area contributed by atoms with Crippen LogP contribution in [0, 0.1) is 18.8 Å². The van der Waals surface area contributed by atoms with Gasteiger partial charge in [-0.15, -0.1) is 0 Å². The molecule has 2 aliphatic rings. The summed E-state index contributed by atoms with van der Waals surface area (Å²) in [5, 5.41) is 6.47. The molecule has 0 bridgehead atoms. The smallest absolute Gasteiger partial charge is 0.276 e. The SMILES string of the molecule is CCC(CC(F)(F)c1cnc(Nc2ccc(N3CCNCC3)cc2OC)nc1C)C1Cc2ccccc2C1N(C)S(C)(=O)=O. The Morgan fingerprint density at radius 1 is 1.20 bits per heavy atom. The molecule has 12 heteroatoms. The molecule has 2 aromatic carbocycles. The summed E-state index contributed by atoms with van der Waals surface area (Å²) in [4.78, 5) is 10.9. The second-order valence-electron chi connectivity index (χ2n) is 11.8. The predicted octanol–water partition coefficient (Wildman–Crippen LogP) is 5.26. The summed E-state index contributed by atoms with van der Waals surface area (Å²) in [5.74, 6) is -3.14. The van der Waals surface area contributed by atoms with Crippen LogP contribution in [0.3, 0.4) is 0 Å². The largest absolute Gasteiger partial charge is 0.494 e. The van der Waals surface area contributed by atoms with Gasteiger partial charge in [-0.05, 0) is 48.4 Å². The van der Waals surface area contributed by atoms with Crippen LogP contribution < -0.4 is 20.3 Å². The number of fused-ring (bicyclic) bond motifs is 1. The molecule has 44 heavy (non-hydrogen) atoms. The predicted molar refractivity (Wildman–Crippen MR) is 169 cm³/mol. The Morgan fingerprint density at radius 3 is 2.59 bits per heavy atom. The van der Waals surface area contributed by atoms with Crippen molar-refractivity contribution in [1.29, 1.82) is 0 Å². The number of anilines is 3. The number of sulfonamides is 1. The maximum absolute atomic E-state index is 16.0. The molecule has 9 nitrogen and oxygen atoms in total. The Morgan fingerprint density at radius 2 is 1.93 bits per heavy atom. The monoisotopic (exact) mass is 628 g/mol. The highest BCUT2D eigenvalue weighted by Crippen LogP contribution is 2.49. The molecular weight excluding hydrogens is 586 g/mol. The lowest BCUT2D eigenvalue weighted by molar-refractivity contribution is -0.0422. The molecule has 0 saturated carbocycles. The number of piperazine rings is 1. The van der Waals surface area contributed by atoms with Crippen molar-refractivity contribution in [3.63, 3.8) is 0 Å². The molecule has 0 amide bonds. The molecule has 1 aromatic heterocycles. The van der Waals surface area contributed by atoms with Crippen molar-refractivity contribution in [2.45, 2.75) is 45.1 Å². The lowest BCUT2D eigenvalue weighted by Gasteiger charge is -2.35. The van der Waals surface area contributed by atoms with Gasteiger partial charge in [0.05, 0.1) is 36.4 Å². The second kappa shape index (κ2) is 12.9.